The summed E-state index contributed by atoms with van der Waals surface area (Å²) in [6, 6.07) is 10.5. The van der Waals surface area contributed by atoms with Crippen LogP contribution in [0.2, 0.25) is 0 Å². The maximum atomic E-state index is 12.2. The number of sulfone groups is 1. The highest BCUT2D eigenvalue weighted by molar-refractivity contribution is 7.91. The number of carbonyl (C=O) groups is 1. The first-order valence-corrected chi connectivity index (χ1v) is 10.2. The average Bonchev–Trinajstić information content (AvgIpc) is 3.21. The van der Waals surface area contributed by atoms with Gasteiger partial charge in [-0.1, -0.05) is 24.3 Å². The van der Waals surface area contributed by atoms with Crippen LogP contribution in [-0.2, 0) is 22.9 Å². The molecular formula is C19H21NO5S. The summed E-state index contributed by atoms with van der Waals surface area (Å²) < 4.78 is 34.2. The van der Waals surface area contributed by atoms with E-state index in [0.717, 1.165) is 11.3 Å². The molecule has 3 rings (SSSR count). The maximum absolute atomic E-state index is 12.2. The lowest BCUT2D eigenvalue weighted by Gasteiger charge is -2.10. The topological polar surface area (TPSA) is 85.6 Å². The molecule has 0 saturated carbocycles. The first kappa shape index (κ1) is 18.3. The summed E-state index contributed by atoms with van der Waals surface area (Å²) in [5.41, 5.74) is 1.02. The van der Waals surface area contributed by atoms with Crippen molar-refractivity contribution in [3.05, 3.63) is 66.1 Å². The van der Waals surface area contributed by atoms with Crippen LogP contribution in [0.1, 0.15) is 28.3 Å². The molecule has 7 heteroatoms. The van der Waals surface area contributed by atoms with Gasteiger partial charge in [0.05, 0.1) is 11.5 Å². The molecule has 1 unspecified atom stereocenters. The molecular weight excluding hydrogens is 354 g/mol. The van der Waals surface area contributed by atoms with Crippen LogP contribution in [0.3, 0.4) is 0 Å². The molecule has 1 aromatic carbocycles. The van der Waals surface area contributed by atoms with Crippen LogP contribution < -0.4 is 10.1 Å². The van der Waals surface area contributed by atoms with Crippen molar-refractivity contribution in [1.82, 2.24) is 5.32 Å². The first-order chi connectivity index (χ1) is 12.5. The molecule has 1 amide bonds. The van der Waals surface area contributed by atoms with Crippen molar-refractivity contribution < 1.29 is 22.4 Å². The van der Waals surface area contributed by atoms with Crippen molar-refractivity contribution in [2.45, 2.75) is 25.5 Å². The molecule has 26 heavy (non-hydrogen) atoms. The van der Waals surface area contributed by atoms with Gasteiger partial charge in [0, 0.05) is 6.04 Å². The van der Waals surface area contributed by atoms with E-state index in [2.05, 4.69) is 11.9 Å². The minimum atomic E-state index is -3.04. The summed E-state index contributed by atoms with van der Waals surface area (Å²) in [6.45, 7) is 3.93. The van der Waals surface area contributed by atoms with Crippen LogP contribution in [0.5, 0.6) is 5.75 Å². The molecule has 6 nitrogen and oxygen atoms in total. The van der Waals surface area contributed by atoms with Gasteiger partial charge in [-0.25, -0.2) is 8.42 Å². The van der Waals surface area contributed by atoms with Gasteiger partial charge in [0.15, 0.2) is 15.6 Å². The Labute approximate surface area is 152 Å². The number of hydrogen-bond acceptors (Lipinski definition) is 5. The molecule has 1 saturated heterocycles. The second kappa shape index (κ2) is 7.78. The van der Waals surface area contributed by atoms with Crippen molar-refractivity contribution in [3.8, 4) is 5.75 Å². The number of hydrogen-bond donors (Lipinski definition) is 1. The van der Waals surface area contributed by atoms with Crippen molar-refractivity contribution in [1.29, 1.82) is 0 Å². The average molecular weight is 375 g/mol. The summed E-state index contributed by atoms with van der Waals surface area (Å²) in [7, 11) is -3.04. The maximum Gasteiger partial charge on any atom is 0.287 e. The number of carbonyl (C=O) groups excluding carboxylic acids is 1. The number of amides is 1. The molecule has 1 N–H and O–H groups in total. The molecule has 1 atom stereocenters. The number of rotatable bonds is 7. The van der Waals surface area contributed by atoms with Gasteiger partial charge >= 0.3 is 0 Å². The van der Waals surface area contributed by atoms with E-state index in [9.17, 15) is 13.2 Å². The fourth-order valence-corrected chi connectivity index (χ4v) is 4.53. The van der Waals surface area contributed by atoms with Gasteiger partial charge in [0.25, 0.3) is 5.91 Å². The minimum absolute atomic E-state index is 0.0183. The van der Waals surface area contributed by atoms with E-state index < -0.39 is 15.7 Å². The molecule has 1 fully saturated rings. The number of benzene rings is 1. The van der Waals surface area contributed by atoms with E-state index in [-0.39, 0.29) is 29.9 Å². The SMILES string of the molecule is C=CCc1ccccc1OCc1ccc(C(=O)NC2CCS(=O)(=O)C2)o1. The Hall–Kier alpha value is -2.54. The van der Waals surface area contributed by atoms with E-state index in [4.69, 9.17) is 9.15 Å². The fourth-order valence-electron chi connectivity index (χ4n) is 2.86. The number of allylic oxidation sites excluding steroid dienone is 1. The Morgan fingerprint density at radius 3 is 2.85 bits per heavy atom. The lowest BCUT2D eigenvalue weighted by molar-refractivity contribution is 0.0909. The Morgan fingerprint density at radius 2 is 2.12 bits per heavy atom. The molecule has 2 heterocycles. The van der Waals surface area contributed by atoms with E-state index in [1.807, 2.05) is 24.3 Å². The number of ether oxygens (including phenoxy) is 1. The highest BCUT2D eigenvalue weighted by Gasteiger charge is 2.29. The van der Waals surface area contributed by atoms with Gasteiger partial charge in [0.1, 0.15) is 18.1 Å². The number of para-hydroxylation sites is 1. The summed E-state index contributed by atoms with van der Waals surface area (Å²) in [4.78, 5) is 12.2. The van der Waals surface area contributed by atoms with Crippen molar-refractivity contribution in [2.24, 2.45) is 0 Å². The smallest absolute Gasteiger partial charge is 0.287 e. The van der Waals surface area contributed by atoms with Crippen molar-refractivity contribution in [3.63, 3.8) is 0 Å². The zero-order chi connectivity index (χ0) is 18.6. The molecule has 0 aliphatic carbocycles. The highest BCUT2D eigenvalue weighted by Crippen LogP contribution is 2.21. The molecule has 1 aliphatic rings. The Morgan fingerprint density at radius 1 is 1.31 bits per heavy atom. The standard InChI is InChI=1S/C19H21NO5S/c1-2-5-14-6-3-4-7-17(14)24-12-16-8-9-18(25-16)19(21)20-15-10-11-26(22,23)13-15/h2-4,6-9,15H,1,5,10-13H2,(H,20,21). The zero-order valence-electron chi connectivity index (χ0n) is 14.3. The monoisotopic (exact) mass is 375 g/mol. The van der Waals surface area contributed by atoms with Crippen LogP contribution in [0, 0.1) is 0 Å². The van der Waals surface area contributed by atoms with Crippen LogP contribution in [0.4, 0.5) is 0 Å². The lowest BCUT2D eigenvalue weighted by Crippen LogP contribution is -2.35. The van der Waals surface area contributed by atoms with Gasteiger partial charge in [-0.05, 0) is 36.6 Å². The van der Waals surface area contributed by atoms with Gasteiger partial charge in [-0.2, -0.15) is 0 Å². The van der Waals surface area contributed by atoms with Crippen LogP contribution in [-0.4, -0.2) is 31.9 Å². The third-order valence-corrected chi connectivity index (χ3v) is 5.93. The molecule has 138 valence electrons. The number of nitrogens with one attached hydrogen (secondary N) is 1. The first-order valence-electron chi connectivity index (χ1n) is 8.38. The predicted octanol–water partition coefficient (Wildman–Crippen LogP) is 2.50. The van der Waals surface area contributed by atoms with Gasteiger partial charge in [-0.3, -0.25) is 4.79 Å². The minimum Gasteiger partial charge on any atom is -0.485 e. The molecule has 0 bridgehead atoms. The van der Waals surface area contributed by atoms with Gasteiger partial charge in [0.2, 0.25) is 0 Å². The molecule has 1 aromatic heterocycles. The molecule has 2 aromatic rings. The van der Waals surface area contributed by atoms with Crippen molar-refractivity contribution in [2.75, 3.05) is 11.5 Å². The Balaban J connectivity index is 1.58. The quantitative estimate of drug-likeness (QED) is 0.752. The van der Waals surface area contributed by atoms with E-state index in [0.29, 0.717) is 18.6 Å². The molecule has 1 aliphatic heterocycles. The Bertz CT molecular complexity index is 900. The predicted molar refractivity (Wildman–Crippen MR) is 97.9 cm³/mol. The van der Waals surface area contributed by atoms with E-state index >= 15 is 0 Å². The normalized spacial score (nSPS) is 18.4. The largest absolute Gasteiger partial charge is 0.485 e. The zero-order valence-corrected chi connectivity index (χ0v) is 15.1. The van der Waals surface area contributed by atoms with Crippen LogP contribution in [0.15, 0.2) is 53.5 Å². The second-order valence-corrected chi connectivity index (χ2v) is 8.46. The van der Waals surface area contributed by atoms with Gasteiger partial charge < -0.3 is 14.5 Å². The molecule has 0 spiro atoms. The van der Waals surface area contributed by atoms with Crippen molar-refractivity contribution >= 4 is 15.7 Å². The summed E-state index contributed by atoms with van der Waals surface area (Å²) >= 11 is 0. The summed E-state index contributed by atoms with van der Waals surface area (Å²) in [6.07, 6.45) is 2.94. The van der Waals surface area contributed by atoms with Crippen LogP contribution >= 0.6 is 0 Å². The van der Waals surface area contributed by atoms with Crippen LogP contribution in [0.25, 0.3) is 0 Å². The fraction of sp³-hybridized carbons (Fsp3) is 0.316. The summed E-state index contributed by atoms with van der Waals surface area (Å²) in [5, 5.41) is 2.70. The second-order valence-electron chi connectivity index (χ2n) is 6.23. The number of furan rings is 1. The third kappa shape index (κ3) is 4.54. The third-order valence-electron chi connectivity index (χ3n) is 4.16. The van der Waals surface area contributed by atoms with E-state index in [1.165, 1.54) is 0 Å². The highest BCUT2D eigenvalue weighted by atomic mass is 32.2. The lowest BCUT2D eigenvalue weighted by atomic mass is 10.1. The molecule has 0 radical (unpaired) electrons. The Kier molecular flexibility index (Phi) is 5.46. The van der Waals surface area contributed by atoms with Gasteiger partial charge in [-0.15, -0.1) is 6.58 Å². The summed E-state index contributed by atoms with van der Waals surface area (Å²) in [5.74, 6) is 1.08. The van der Waals surface area contributed by atoms with E-state index in [1.54, 1.807) is 18.2 Å².